The molecule has 0 bridgehead atoms. The van der Waals surface area contributed by atoms with Gasteiger partial charge in [0.15, 0.2) is 5.76 Å². The van der Waals surface area contributed by atoms with Gasteiger partial charge >= 0.3 is 0 Å². The van der Waals surface area contributed by atoms with E-state index in [0.717, 1.165) is 51.8 Å². The summed E-state index contributed by atoms with van der Waals surface area (Å²) < 4.78 is 5.54. The number of hydrogen-bond donors (Lipinski definition) is 0. The summed E-state index contributed by atoms with van der Waals surface area (Å²) >= 11 is 6.45. The second kappa shape index (κ2) is 6.25. The van der Waals surface area contributed by atoms with Gasteiger partial charge in [0.25, 0.3) is 0 Å². The lowest BCUT2D eigenvalue weighted by Gasteiger charge is -2.17. The maximum Gasteiger partial charge on any atom is 0.163 e. The van der Waals surface area contributed by atoms with Crippen LogP contribution < -0.4 is 0 Å². The van der Waals surface area contributed by atoms with Crippen LogP contribution in [-0.2, 0) is 6.42 Å². The minimum atomic E-state index is 0.214. The average Bonchev–Trinajstić information content (AvgIpc) is 2.84. The molecule has 0 radical (unpaired) electrons. The summed E-state index contributed by atoms with van der Waals surface area (Å²) in [5.41, 5.74) is 5.00. The van der Waals surface area contributed by atoms with Gasteiger partial charge in [-0.1, -0.05) is 65.3 Å². The Morgan fingerprint density at radius 3 is 2.54 bits per heavy atom. The van der Waals surface area contributed by atoms with Gasteiger partial charge in [-0.25, -0.2) is 4.99 Å². The van der Waals surface area contributed by atoms with E-state index < -0.39 is 0 Å². The van der Waals surface area contributed by atoms with E-state index in [9.17, 15) is 0 Å². The first kappa shape index (κ1) is 15.2. The van der Waals surface area contributed by atoms with Crippen molar-refractivity contribution >= 4 is 23.0 Å². The van der Waals surface area contributed by atoms with Crippen LogP contribution in [0, 0.1) is 6.92 Å². The SMILES string of the molecule is Cc1noc2c1N=C(c1ccccc1)C[C@@H](c1ccccc1Cl)C2. The lowest BCUT2D eigenvalue weighted by Crippen LogP contribution is -2.09. The van der Waals surface area contributed by atoms with Crippen LogP contribution in [0.5, 0.6) is 0 Å². The number of aromatic nitrogens is 1. The molecule has 1 aliphatic heterocycles. The van der Waals surface area contributed by atoms with Gasteiger partial charge in [-0.15, -0.1) is 0 Å². The van der Waals surface area contributed by atoms with E-state index in [1.165, 1.54) is 0 Å². The molecule has 0 saturated heterocycles. The quantitative estimate of drug-likeness (QED) is 0.620. The van der Waals surface area contributed by atoms with E-state index in [4.69, 9.17) is 21.1 Å². The second-order valence-corrected chi connectivity index (χ2v) is 6.50. The smallest absolute Gasteiger partial charge is 0.163 e. The molecule has 0 aliphatic carbocycles. The van der Waals surface area contributed by atoms with Crippen molar-refractivity contribution in [3.8, 4) is 0 Å². The molecule has 1 aromatic heterocycles. The molecule has 3 aromatic rings. The molecule has 120 valence electrons. The third-order valence-corrected chi connectivity index (χ3v) is 4.81. The fourth-order valence-electron chi connectivity index (χ4n) is 3.24. The molecule has 1 aliphatic rings. The summed E-state index contributed by atoms with van der Waals surface area (Å²) in [4.78, 5) is 4.89. The molecule has 1 atom stereocenters. The highest BCUT2D eigenvalue weighted by Gasteiger charge is 2.27. The van der Waals surface area contributed by atoms with Crippen LogP contribution in [0.15, 0.2) is 64.1 Å². The van der Waals surface area contributed by atoms with Crippen LogP contribution in [0.1, 0.15) is 34.9 Å². The zero-order valence-electron chi connectivity index (χ0n) is 13.4. The second-order valence-electron chi connectivity index (χ2n) is 6.09. The third kappa shape index (κ3) is 2.76. The Morgan fingerprint density at radius 1 is 1.00 bits per heavy atom. The highest BCUT2D eigenvalue weighted by Crippen LogP contribution is 2.38. The first-order valence-corrected chi connectivity index (χ1v) is 8.42. The van der Waals surface area contributed by atoms with Crippen molar-refractivity contribution in [2.45, 2.75) is 25.7 Å². The summed E-state index contributed by atoms with van der Waals surface area (Å²) in [7, 11) is 0. The van der Waals surface area contributed by atoms with E-state index >= 15 is 0 Å². The van der Waals surface area contributed by atoms with E-state index in [2.05, 4.69) is 23.4 Å². The van der Waals surface area contributed by atoms with Gasteiger partial charge < -0.3 is 4.52 Å². The highest BCUT2D eigenvalue weighted by molar-refractivity contribution is 6.31. The maximum atomic E-state index is 6.45. The summed E-state index contributed by atoms with van der Waals surface area (Å²) in [6.45, 7) is 1.93. The predicted octanol–water partition coefficient (Wildman–Crippen LogP) is 5.49. The molecule has 4 heteroatoms. The molecule has 2 aromatic carbocycles. The molecule has 3 nitrogen and oxygen atoms in total. The monoisotopic (exact) mass is 336 g/mol. The van der Waals surface area contributed by atoms with Crippen LogP contribution in [0.4, 0.5) is 5.69 Å². The van der Waals surface area contributed by atoms with E-state index in [1.807, 2.05) is 43.3 Å². The zero-order chi connectivity index (χ0) is 16.5. The third-order valence-electron chi connectivity index (χ3n) is 4.47. The Bertz CT molecular complexity index is 899. The number of benzene rings is 2. The van der Waals surface area contributed by atoms with Crippen LogP contribution in [0.25, 0.3) is 0 Å². The molecular weight excluding hydrogens is 320 g/mol. The fourth-order valence-corrected chi connectivity index (χ4v) is 3.53. The number of aryl methyl sites for hydroxylation is 1. The molecule has 4 rings (SSSR count). The molecule has 0 unspecified atom stereocenters. The number of hydrogen-bond acceptors (Lipinski definition) is 3. The highest BCUT2D eigenvalue weighted by atomic mass is 35.5. The maximum absolute atomic E-state index is 6.45. The summed E-state index contributed by atoms with van der Waals surface area (Å²) in [5, 5.41) is 4.89. The zero-order valence-corrected chi connectivity index (χ0v) is 14.1. The minimum absolute atomic E-state index is 0.214. The first-order valence-electron chi connectivity index (χ1n) is 8.05. The van der Waals surface area contributed by atoms with Gasteiger partial charge in [0.2, 0.25) is 0 Å². The minimum Gasteiger partial charge on any atom is -0.359 e. The van der Waals surface area contributed by atoms with Crippen LogP contribution >= 0.6 is 11.6 Å². The molecular formula is C20H17ClN2O. The fraction of sp³-hybridized carbons (Fsp3) is 0.200. The topological polar surface area (TPSA) is 38.4 Å². The standard InChI is InChI=1S/C20H17ClN2O/c1-13-20-19(24-23-13)12-15(16-9-5-6-10-17(16)21)11-18(22-20)14-7-3-2-4-8-14/h2-10,15H,11-12H2,1H3/t15-/m1/s1. The summed E-state index contributed by atoms with van der Waals surface area (Å²) in [5.74, 6) is 1.05. The predicted molar refractivity (Wildman–Crippen MR) is 96.4 cm³/mol. The largest absolute Gasteiger partial charge is 0.359 e. The Hall–Kier alpha value is -2.39. The lowest BCUT2D eigenvalue weighted by molar-refractivity contribution is 0.373. The first-order chi connectivity index (χ1) is 11.7. The van der Waals surface area contributed by atoms with Crippen LogP contribution in [-0.4, -0.2) is 10.9 Å². The molecule has 0 N–H and O–H groups in total. The van der Waals surface area contributed by atoms with Crippen molar-refractivity contribution in [3.63, 3.8) is 0 Å². The van der Waals surface area contributed by atoms with Crippen molar-refractivity contribution in [1.82, 2.24) is 5.16 Å². The Kier molecular flexibility index (Phi) is 3.95. The van der Waals surface area contributed by atoms with Crippen LogP contribution in [0.3, 0.4) is 0 Å². The van der Waals surface area contributed by atoms with Gasteiger partial charge in [0, 0.05) is 17.2 Å². The van der Waals surface area contributed by atoms with Gasteiger partial charge in [0.1, 0.15) is 11.4 Å². The lowest BCUT2D eigenvalue weighted by atomic mass is 9.88. The van der Waals surface area contributed by atoms with Gasteiger partial charge in [-0.2, -0.15) is 0 Å². The Morgan fingerprint density at radius 2 is 1.75 bits per heavy atom. The van der Waals surface area contributed by atoms with Gasteiger partial charge in [-0.3, -0.25) is 0 Å². The van der Waals surface area contributed by atoms with Gasteiger partial charge in [0.05, 0.1) is 0 Å². The number of rotatable bonds is 2. The molecule has 2 heterocycles. The summed E-state index contributed by atoms with van der Waals surface area (Å²) in [6.07, 6.45) is 1.57. The summed E-state index contributed by atoms with van der Waals surface area (Å²) in [6, 6.07) is 18.3. The normalized spacial score (nSPS) is 17.1. The van der Waals surface area contributed by atoms with Crippen molar-refractivity contribution in [1.29, 1.82) is 0 Å². The number of nitrogens with zero attached hydrogens (tertiary/aromatic N) is 2. The van der Waals surface area contributed by atoms with Crippen molar-refractivity contribution < 1.29 is 4.52 Å². The van der Waals surface area contributed by atoms with E-state index in [0.29, 0.717) is 0 Å². The average molecular weight is 337 g/mol. The number of aliphatic imine (C=N–C) groups is 1. The molecule has 0 amide bonds. The van der Waals surface area contributed by atoms with E-state index in [1.54, 1.807) is 0 Å². The van der Waals surface area contributed by atoms with Crippen molar-refractivity contribution in [2.75, 3.05) is 0 Å². The molecule has 0 saturated carbocycles. The number of halogens is 1. The van der Waals surface area contributed by atoms with Crippen molar-refractivity contribution in [2.24, 2.45) is 4.99 Å². The van der Waals surface area contributed by atoms with E-state index in [-0.39, 0.29) is 5.92 Å². The Labute approximate surface area is 146 Å². The Balaban J connectivity index is 1.83. The molecule has 0 fully saturated rings. The van der Waals surface area contributed by atoms with Crippen molar-refractivity contribution in [3.05, 3.63) is 82.2 Å². The van der Waals surface area contributed by atoms with Crippen LogP contribution in [0.2, 0.25) is 5.02 Å². The number of fused-ring (bicyclic) bond motifs is 1. The molecule has 24 heavy (non-hydrogen) atoms. The van der Waals surface area contributed by atoms with Gasteiger partial charge in [-0.05, 0) is 36.5 Å². The molecule has 0 spiro atoms.